The zero-order chi connectivity index (χ0) is 17.2. The van der Waals surface area contributed by atoms with Gasteiger partial charge < -0.3 is 15.3 Å². The van der Waals surface area contributed by atoms with Crippen LogP contribution in [0.25, 0.3) is 22.0 Å². The second kappa shape index (κ2) is 6.69. The van der Waals surface area contributed by atoms with Crippen LogP contribution in [0.2, 0.25) is 0 Å². The first kappa shape index (κ1) is 15.8. The fraction of sp³-hybridized carbons (Fsp3) is 0.300. The Morgan fingerprint density at radius 1 is 1.08 bits per heavy atom. The fourth-order valence-corrected chi connectivity index (χ4v) is 3.57. The van der Waals surface area contributed by atoms with Gasteiger partial charge >= 0.3 is 0 Å². The molecule has 128 valence electrons. The highest BCUT2D eigenvalue weighted by atomic mass is 16.3. The van der Waals surface area contributed by atoms with Crippen LogP contribution in [0.3, 0.4) is 0 Å². The number of aromatic nitrogens is 2. The van der Waals surface area contributed by atoms with Crippen molar-refractivity contribution in [1.82, 2.24) is 15.1 Å². The topological polar surface area (TPSA) is 61.3 Å². The Hall–Kier alpha value is -2.66. The number of nitrogens with zero attached hydrogens (tertiary/aromatic N) is 3. The molecule has 1 fully saturated rings. The molecule has 2 aromatic carbocycles. The first-order valence-electron chi connectivity index (χ1n) is 8.70. The van der Waals surface area contributed by atoms with Gasteiger partial charge in [0, 0.05) is 12.6 Å². The standard InChI is InChI=1S/C20H22N4O/c1-24-12-4-6-15(13-24)21-19-11-9-17(22-23-19)20-16-7-3-2-5-14(16)8-10-18(20)25/h2-3,5,7-11,15,25H,4,6,12-13H2,1H3,(H,21,23). The van der Waals surface area contributed by atoms with Crippen LogP contribution in [-0.4, -0.2) is 46.4 Å². The van der Waals surface area contributed by atoms with Crippen molar-refractivity contribution in [3.8, 4) is 17.0 Å². The molecule has 0 bridgehead atoms. The number of likely N-dealkylation sites (tertiary alicyclic amines) is 1. The van der Waals surface area contributed by atoms with Gasteiger partial charge in [-0.3, -0.25) is 0 Å². The third kappa shape index (κ3) is 3.28. The molecule has 0 spiro atoms. The van der Waals surface area contributed by atoms with E-state index < -0.39 is 0 Å². The normalized spacial score (nSPS) is 18.4. The first-order valence-corrected chi connectivity index (χ1v) is 8.70. The van der Waals surface area contributed by atoms with Gasteiger partial charge in [0.1, 0.15) is 11.6 Å². The number of aromatic hydroxyl groups is 1. The van der Waals surface area contributed by atoms with E-state index in [0.29, 0.717) is 11.7 Å². The maximum Gasteiger partial charge on any atom is 0.148 e. The van der Waals surface area contributed by atoms with Crippen molar-refractivity contribution >= 4 is 16.6 Å². The summed E-state index contributed by atoms with van der Waals surface area (Å²) in [6, 6.07) is 15.9. The summed E-state index contributed by atoms with van der Waals surface area (Å²) in [6.45, 7) is 2.18. The highest BCUT2D eigenvalue weighted by molar-refractivity contribution is 5.98. The van der Waals surface area contributed by atoms with E-state index in [0.717, 1.165) is 41.7 Å². The Morgan fingerprint density at radius 2 is 1.96 bits per heavy atom. The number of phenolic OH excluding ortho intramolecular Hbond substituents is 1. The van der Waals surface area contributed by atoms with Gasteiger partial charge in [-0.15, -0.1) is 10.2 Å². The van der Waals surface area contributed by atoms with Gasteiger partial charge in [-0.25, -0.2) is 0 Å². The monoisotopic (exact) mass is 334 g/mol. The minimum Gasteiger partial charge on any atom is -0.507 e. The van der Waals surface area contributed by atoms with Gasteiger partial charge in [0.15, 0.2) is 0 Å². The van der Waals surface area contributed by atoms with Crippen molar-refractivity contribution in [3.05, 3.63) is 48.5 Å². The lowest BCUT2D eigenvalue weighted by Gasteiger charge is -2.30. The third-order valence-corrected chi connectivity index (χ3v) is 4.80. The quantitative estimate of drug-likeness (QED) is 0.767. The summed E-state index contributed by atoms with van der Waals surface area (Å²) in [6.07, 6.45) is 2.35. The van der Waals surface area contributed by atoms with Crippen molar-refractivity contribution in [2.24, 2.45) is 0 Å². The van der Waals surface area contributed by atoms with Gasteiger partial charge in [0.25, 0.3) is 0 Å². The summed E-state index contributed by atoms with van der Waals surface area (Å²) in [5, 5.41) is 24.5. The number of rotatable bonds is 3. The summed E-state index contributed by atoms with van der Waals surface area (Å²) in [5.41, 5.74) is 1.41. The first-order chi connectivity index (χ1) is 12.2. The molecule has 2 heterocycles. The summed E-state index contributed by atoms with van der Waals surface area (Å²) in [5.74, 6) is 1.01. The summed E-state index contributed by atoms with van der Waals surface area (Å²) < 4.78 is 0. The summed E-state index contributed by atoms with van der Waals surface area (Å²) in [4.78, 5) is 2.33. The Morgan fingerprint density at radius 3 is 2.76 bits per heavy atom. The van der Waals surface area contributed by atoms with Gasteiger partial charge in [0.2, 0.25) is 0 Å². The molecule has 0 amide bonds. The Labute approximate surface area is 147 Å². The minimum atomic E-state index is 0.225. The van der Waals surface area contributed by atoms with Crippen LogP contribution in [0.5, 0.6) is 5.75 Å². The van der Waals surface area contributed by atoms with Crippen molar-refractivity contribution in [2.45, 2.75) is 18.9 Å². The maximum absolute atomic E-state index is 10.3. The molecule has 0 radical (unpaired) electrons. The fourth-order valence-electron chi connectivity index (χ4n) is 3.57. The number of benzene rings is 2. The van der Waals surface area contributed by atoms with Crippen LogP contribution in [0.15, 0.2) is 48.5 Å². The highest BCUT2D eigenvalue weighted by Gasteiger charge is 2.17. The van der Waals surface area contributed by atoms with Gasteiger partial charge in [-0.1, -0.05) is 30.3 Å². The van der Waals surface area contributed by atoms with E-state index >= 15 is 0 Å². The molecule has 4 rings (SSSR count). The minimum absolute atomic E-state index is 0.225. The number of piperidine rings is 1. The molecule has 1 unspecified atom stereocenters. The van der Waals surface area contributed by atoms with Gasteiger partial charge in [0.05, 0.1) is 11.3 Å². The van der Waals surface area contributed by atoms with E-state index in [-0.39, 0.29) is 5.75 Å². The van der Waals surface area contributed by atoms with E-state index in [1.165, 1.54) is 6.42 Å². The second-order valence-electron chi connectivity index (χ2n) is 6.73. The van der Waals surface area contributed by atoms with E-state index in [1.807, 2.05) is 42.5 Å². The lowest BCUT2D eigenvalue weighted by atomic mass is 10.0. The van der Waals surface area contributed by atoms with E-state index in [9.17, 15) is 5.11 Å². The molecule has 1 saturated heterocycles. The molecule has 25 heavy (non-hydrogen) atoms. The van der Waals surface area contributed by atoms with Crippen LogP contribution in [0.4, 0.5) is 5.82 Å². The zero-order valence-electron chi connectivity index (χ0n) is 14.3. The van der Waals surface area contributed by atoms with Gasteiger partial charge in [-0.05, 0) is 55.4 Å². The van der Waals surface area contributed by atoms with Crippen molar-refractivity contribution in [2.75, 3.05) is 25.5 Å². The number of anilines is 1. The van der Waals surface area contributed by atoms with Crippen molar-refractivity contribution in [3.63, 3.8) is 0 Å². The molecule has 1 aromatic heterocycles. The molecule has 5 nitrogen and oxygen atoms in total. The highest BCUT2D eigenvalue weighted by Crippen LogP contribution is 2.35. The van der Waals surface area contributed by atoms with Crippen LogP contribution in [0, 0.1) is 0 Å². The number of likely N-dealkylation sites (N-methyl/N-ethyl adjacent to an activating group) is 1. The maximum atomic E-state index is 10.3. The largest absolute Gasteiger partial charge is 0.507 e. The lowest BCUT2D eigenvalue weighted by Crippen LogP contribution is -2.39. The van der Waals surface area contributed by atoms with Crippen molar-refractivity contribution < 1.29 is 5.11 Å². The van der Waals surface area contributed by atoms with E-state index in [2.05, 4.69) is 27.5 Å². The molecular weight excluding hydrogens is 312 g/mol. The number of phenols is 1. The van der Waals surface area contributed by atoms with Crippen LogP contribution < -0.4 is 5.32 Å². The predicted octanol–water partition coefficient (Wildman–Crippen LogP) is 3.51. The molecule has 2 N–H and O–H groups in total. The number of nitrogens with one attached hydrogen (secondary N) is 1. The SMILES string of the molecule is CN1CCCC(Nc2ccc(-c3c(O)ccc4ccccc34)nn2)C1. The molecule has 1 atom stereocenters. The predicted molar refractivity (Wildman–Crippen MR) is 101 cm³/mol. The Balaban J connectivity index is 1.61. The second-order valence-corrected chi connectivity index (χ2v) is 6.73. The smallest absolute Gasteiger partial charge is 0.148 e. The van der Waals surface area contributed by atoms with Crippen LogP contribution in [0.1, 0.15) is 12.8 Å². The van der Waals surface area contributed by atoms with Crippen LogP contribution in [-0.2, 0) is 0 Å². The molecular formula is C20H22N4O. The van der Waals surface area contributed by atoms with Crippen molar-refractivity contribution in [1.29, 1.82) is 0 Å². The Kier molecular flexibility index (Phi) is 4.24. The molecule has 0 saturated carbocycles. The Bertz CT molecular complexity index is 879. The lowest BCUT2D eigenvalue weighted by molar-refractivity contribution is 0.260. The molecule has 3 aromatic rings. The third-order valence-electron chi connectivity index (χ3n) is 4.80. The van der Waals surface area contributed by atoms with Gasteiger partial charge in [-0.2, -0.15) is 0 Å². The molecule has 1 aliphatic heterocycles. The number of fused-ring (bicyclic) bond motifs is 1. The number of hydrogen-bond acceptors (Lipinski definition) is 5. The molecule has 5 heteroatoms. The average molecular weight is 334 g/mol. The molecule has 1 aliphatic rings. The zero-order valence-corrected chi connectivity index (χ0v) is 14.3. The molecule has 0 aliphatic carbocycles. The van der Waals surface area contributed by atoms with E-state index in [4.69, 9.17) is 0 Å². The van der Waals surface area contributed by atoms with E-state index in [1.54, 1.807) is 6.07 Å². The van der Waals surface area contributed by atoms with Crippen LogP contribution >= 0.6 is 0 Å². The summed E-state index contributed by atoms with van der Waals surface area (Å²) >= 11 is 0. The summed E-state index contributed by atoms with van der Waals surface area (Å²) in [7, 11) is 2.14. The number of hydrogen-bond donors (Lipinski definition) is 2. The average Bonchev–Trinajstić information content (AvgIpc) is 2.63.